The highest BCUT2D eigenvalue weighted by molar-refractivity contribution is 5.89. The van der Waals surface area contributed by atoms with Gasteiger partial charge in [0.2, 0.25) is 0 Å². The van der Waals surface area contributed by atoms with Crippen LogP contribution in [0.1, 0.15) is 17.5 Å². The number of carbonyl (C=O) groups is 1. The molecule has 1 saturated heterocycles. The van der Waals surface area contributed by atoms with Crippen LogP contribution in [0, 0.1) is 0 Å². The second-order valence-electron chi connectivity index (χ2n) is 6.07. The minimum absolute atomic E-state index is 0.0821. The Morgan fingerprint density at radius 2 is 2.00 bits per heavy atom. The van der Waals surface area contributed by atoms with Crippen LogP contribution in [0.3, 0.4) is 0 Å². The number of anilines is 1. The van der Waals surface area contributed by atoms with Gasteiger partial charge in [-0.2, -0.15) is 0 Å². The number of carbonyl (C=O) groups excluding carboxylic acids is 1. The topological polar surface area (TPSA) is 50.8 Å². The second-order valence-corrected chi connectivity index (χ2v) is 6.07. The van der Waals surface area contributed by atoms with Crippen LogP contribution in [0.15, 0.2) is 48.5 Å². The molecule has 0 bridgehead atoms. The van der Waals surface area contributed by atoms with E-state index in [4.69, 9.17) is 9.47 Å². The van der Waals surface area contributed by atoms with Crippen molar-refractivity contribution in [3.05, 3.63) is 59.7 Å². The van der Waals surface area contributed by atoms with Gasteiger partial charge in [-0.1, -0.05) is 30.3 Å². The summed E-state index contributed by atoms with van der Waals surface area (Å²) in [6.45, 7) is 2.65. The summed E-state index contributed by atoms with van der Waals surface area (Å²) in [5.41, 5.74) is 3.03. The zero-order valence-electron chi connectivity index (χ0n) is 14.5. The van der Waals surface area contributed by atoms with E-state index in [1.54, 1.807) is 12.0 Å². The molecule has 1 N–H and O–H groups in total. The fourth-order valence-corrected chi connectivity index (χ4v) is 2.96. The Balaban J connectivity index is 1.73. The number of benzene rings is 2. The molecule has 2 aromatic carbocycles. The number of hydrogen-bond acceptors (Lipinski definition) is 3. The van der Waals surface area contributed by atoms with E-state index in [0.29, 0.717) is 19.8 Å². The number of nitrogens with zero attached hydrogens (tertiary/aromatic N) is 1. The molecular weight excluding hydrogens is 316 g/mol. The van der Waals surface area contributed by atoms with Crippen LogP contribution in [0.25, 0.3) is 0 Å². The SMILES string of the molecule is COc1ccc(NC(=O)N2CCCOCC2)cc1Cc1ccccc1. The number of methoxy groups -OCH3 is 1. The van der Waals surface area contributed by atoms with Gasteiger partial charge in [0.05, 0.1) is 13.7 Å². The number of urea groups is 1. The quantitative estimate of drug-likeness (QED) is 0.926. The van der Waals surface area contributed by atoms with Gasteiger partial charge in [0, 0.05) is 37.4 Å². The fraction of sp³-hybridized carbons (Fsp3) is 0.350. The highest BCUT2D eigenvalue weighted by Crippen LogP contribution is 2.25. The molecule has 132 valence electrons. The molecule has 25 heavy (non-hydrogen) atoms. The first-order valence-corrected chi connectivity index (χ1v) is 8.61. The molecule has 5 heteroatoms. The summed E-state index contributed by atoms with van der Waals surface area (Å²) in [4.78, 5) is 14.3. The van der Waals surface area contributed by atoms with Crippen molar-refractivity contribution in [2.45, 2.75) is 12.8 Å². The largest absolute Gasteiger partial charge is 0.496 e. The maximum atomic E-state index is 12.5. The molecule has 0 unspecified atom stereocenters. The maximum Gasteiger partial charge on any atom is 0.321 e. The van der Waals surface area contributed by atoms with Gasteiger partial charge in [-0.3, -0.25) is 0 Å². The molecule has 0 aromatic heterocycles. The Bertz CT molecular complexity index is 695. The molecule has 2 amide bonds. The van der Waals surface area contributed by atoms with Gasteiger partial charge < -0.3 is 19.7 Å². The number of rotatable bonds is 4. The third kappa shape index (κ3) is 4.73. The van der Waals surface area contributed by atoms with E-state index in [9.17, 15) is 4.79 Å². The Labute approximate surface area is 148 Å². The molecule has 3 rings (SSSR count). The van der Waals surface area contributed by atoms with E-state index in [1.165, 1.54) is 5.56 Å². The lowest BCUT2D eigenvalue weighted by molar-refractivity contribution is 0.144. The monoisotopic (exact) mass is 340 g/mol. The maximum absolute atomic E-state index is 12.5. The standard InChI is InChI=1S/C20H24N2O3/c1-24-19-9-8-18(15-17(19)14-16-6-3-2-4-7-16)21-20(23)22-10-5-12-25-13-11-22/h2-4,6-9,15H,5,10-14H2,1H3,(H,21,23). The summed E-state index contributed by atoms with van der Waals surface area (Å²) in [5, 5.41) is 2.99. The van der Waals surface area contributed by atoms with E-state index >= 15 is 0 Å². The summed E-state index contributed by atoms with van der Waals surface area (Å²) in [7, 11) is 1.67. The molecule has 1 aliphatic heterocycles. The van der Waals surface area contributed by atoms with Gasteiger partial charge in [0.25, 0.3) is 0 Å². The predicted molar refractivity (Wildman–Crippen MR) is 98.3 cm³/mol. The van der Waals surface area contributed by atoms with Crippen LogP contribution in [0.2, 0.25) is 0 Å². The van der Waals surface area contributed by atoms with E-state index in [2.05, 4.69) is 17.4 Å². The Kier molecular flexibility index (Phi) is 5.90. The molecule has 0 spiro atoms. The number of amides is 2. The summed E-state index contributed by atoms with van der Waals surface area (Å²) >= 11 is 0. The first-order chi connectivity index (χ1) is 12.3. The lowest BCUT2D eigenvalue weighted by Gasteiger charge is -2.20. The van der Waals surface area contributed by atoms with Crippen molar-refractivity contribution < 1.29 is 14.3 Å². The smallest absolute Gasteiger partial charge is 0.321 e. The molecule has 1 heterocycles. The Morgan fingerprint density at radius 1 is 1.16 bits per heavy atom. The van der Waals surface area contributed by atoms with Crippen LogP contribution in [-0.2, 0) is 11.2 Å². The third-order valence-corrected chi connectivity index (χ3v) is 4.28. The molecule has 5 nitrogen and oxygen atoms in total. The normalized spacial score (nSPS) is 14.7. The predicted octanol–water partition coefficient (Wildman–Crippen LogP) is 3.54. The Hall–Kier alpha value is -2.53. The molecule has 0 atom stereocenters. The van der Waals surface area contributed by atoms with E-state index in [0.717, 1.165) is 36.4 Å². The van der Waals surface area contributed by atoms with Crippen molar-refractivity contribution >= 4 is 11.7 Å². The zero-order valence-corrected chi connectivity index (χ0v) is 14.5. The van der Waals surface area contributed by atoms with Gasteiger partial charge in [0.15, 0.2) is 0 Å². The number of ether oxygens (including phenoxy) is 2. The van der Waals surface area contributed by atoms with Crippen LogP contribution in [0.5, 0.6) is 5.75 Å². The van der Waals surface area contributed by atoms with Crippen molar-refractivity contribution in [3.8, 4) is 5.75 Å². The molecule has 0 saturated carbocycles. The molecule has 1 fully saturated rings. The van der Waals surface area contributed by atoms with Crippen LogP contribution in [0.4, 0.5) is 10.5 Å². The zero-order chi connectivity index (χ0) is 17.5. The molecule has 0 aliphatic carbocycles. The summed E-state index contributed by atoms with van der Waals surface area (Å²) in [6, 6.07) is 15.9. The number of nitrogens with one attached hydrogen (secondary N) is 1. The van der Waals surface area contributed by atoms with Crippen molar-refractivity contribution in [2.75, 3.05) is 38.7 Å². The van der Waals surface area contributed by atoms with Gasteiger partial charge in [-0.15, -0.1) is 0 Å². The van der Waals surface area contributed by atoms with Gasteiger partial charge in [-0.25, -0.2) is 4.79 Å². The summed E-state index contributed by atoms with van der Waals surface area (Å²) in [5.74, 6) is 0.824. The first-order valence-electron chi connectivity index (χ1n) is 8.61. The van der Waals surface area contributed by atoms with Gasteiger partial charge in [0.1, 0.15) is 5.75 Å². The lowest BCUT2D eigenvalue weighted by Crippen LogP contribution is -2.36. The number of hydrogen-bond donors (Lipinski definition) is 1. The highest BCUT2D eigenvalue weighted by atomic mass is 16.5. The average Bonchev–Trinajstić information content (AvgIpc) is 2.92. The van der Waals surface area contributed by atoms with E-state index in [1.807, 2.05) is 36.4 Å². The first kappa shape index (κ1) is 17.3. The van der Waals surface area contributed by atoms with E-state index < -0.39 is 0 Å². The van der Waals surface area contributed by atoms with Crippen LogP contribution in [-0.4, -0.2) is 44.3 Å². The summed E-state index contributed by atoms with van der Waals surface area (Å²) < 4.78 is 10.9. The summed E-state index contributed by atoms with van der Waals surface area (Å²) in [6.07, 6.45) is 1.63. The molecule has 1 aliphatic rings. The Morgan fingerprint density at radius 3 is 2.80 bits per heavy atom. The fourth-order valence-electron chi connectivity index (χ4n) is 2.96. The lowest BCUT2D eigenvalue weighted by atomic mass is 10.0. The third-order valence-electron chi connectivity index (χ3n) is 4.28. The minimum atomic E-state index is -0.0821. The van der Waals surface area contributed by atoms with Gasteiger partial charge in [-0.05, 0) is 30.2 Å². The van der Waals surface area contributed by atoms with Gasteiger partial charge >= 0.3 is 6.03 Å². The molecular formula is C20H24N2O3. The highest BCUT2D eigenvalue weighted by Gasteiger charge is 2.16. The second kappa shape index (κ2) is 8.53. The minimum Gasteiger partial charge on any atom is -0.496 e. The van der Waals surface area contributed by atoms with Crippen molar-refractivity contribution in [3.63, 3.8) is 0 Å². The van der Waals surface area contributed by atoms with Crippen molar-refractivity contribution in [2.24, 2.45) is 0 Å². The molecule has 2 aromatic rings. The van der Waals surface area contributed by atoms with E-state index in [-0.39, 0.29) is 6.03 Å². The van der Waals surface area contributed by atoms with Crippen LogP contribution >= 0.6 is 0 Å². The van der Waals surface area contributed by atoms with Crippen molar-refractivity contribution in [1.82, 2.24) is 4.90 Å². The van der Waals surface area contributed by atoms with Crippen molar-refractivity contribution in [1.29, 1.82) is 0 Å². The molecule has 0 radical (unpaired) electrons. The van der Waals surface area contributed by atoms with Crippen LogP contribution < -0.4 is 10.1 Å². The average molecular weight is 340 g/mol.